The minimum absolute atomic E-state index is 0.0106. The van der Waals surface area contributed by atoms with Gasteiger partial charge in [0.15, 0.2) is 0 Å². The summed E-state index contributed by atoms with van der Waals surface area (Å²) in [4.78, 5) is 14.2. The van der Waals surface area contributed by atoms with Gasteiger partial charge in [-0.2, -0.15) is 0 Å². The van der Waals surface area contributed by atoms with E-state index in [1.165, 1.54) is 5.56 Å². The van der Waals surface area contributed by atoms with Gasteiger partial charge in [0.2, 0.25) is 0 Å². The number of fused-ring (bicyclic) bond motifs is 1. The topological polar surface area (TPSA) is 32.3 Å². The maximum atomic E-state index is 12.4. The third-order valence-corrected chi connectivity index (χ3v) is 3.77. The number of anilines is 1. The van der Waals surface area contributed by atoms with Crippen LogP contribution in [-0.4, -0.2) is 12.6 Å². The molecule has 1 heterocycles. The van der Waals surface area contributed by atoms with E-state index in [1.807, 2.05) is 60.4 Å². The zero-order chi connectivity index (χ0) is 13.9. The first-order valence-electron chi connectivity index (χ1n) is 6.96. The van der Waals surface area contributed by atoms with Crippen LogP contribution in [0.3, 0.4) is 0 Å². The number of hydrogen-bond donors (Lipinski definition) is 1. The number of urea groups is 1. The monoisotopic (exact) mass is 266 g/mol. The predicted molar refractivity (Wildman–Crippen MR) is 80.9 cm³/mol. The average Bonchev–Trinajstić information content (AvgIpc) is 2.92. The second kappa shape index (κ2) is 5.37. The molecule has 1 N–H and O–H groups in total. The van der Waals surface area contributed by atoms with Crippen LogP contribution in [0.25, 0.3) is 0 Å². The van der Waals surface area contributed by atoms with E-state index in [4.69, 9.17) is 0 Å². The van der Waals surface area contributed by atoms with Crippen LogP contribution >= 0.6 is 0 Å². The number of carbonyl (C=O) groups is 1. The molecule has 2 amide bonds. The first kappa shape index (κ1) is 12.7. The molecule has 0 saturated heterocycles. The Labute approximate surface area is 119 Å². The zero-order valence-electron chi connectivity index (χ0n) is 11.5. The SMILES string of the molecule is C[C@@H](NC(=O)N1CCc2ccccc21)c1ccccc1. The molecule has 0 saturated carbocycles. The third-order valence-electron chi connectivity index (χ3n) is 3.77. The van der Waals surface area contributed by atoms with Gasteiger partial charge in [0.05, 0.1) is 6.04 Å². The van der Waals surface area contributed by atoms with Crippen molar-refractivity contribution in [2.24, 2.45) is 0 Å². The molecule has 0 bridgehead atoms. The first-order chi connectivity index (χ1) is 9.75. The van der Waals surface area contributed by atoms with Gasteiger partial charge in [-0.15, -0.1) is 0 Å². The lowest BCUT2D eigenvalue weighted by atomic mass is 10.1. The van der Waals surface area contributed by atoms with Gasteiger partial charge < -0.3 is 5.32 Å². The first-order valence-corrected chi connectivity index (χ1v) is 6.96. The second-order valence-corrected chi connectivity index (χ2v) is 5.11. The number of para-hydroxylation sites is 1. The molecule has 3 rings (SSSR count). The van der Waals surface area contributed by atoms with Crippen LogP contribution in [0.1, 0.15) is 24.1 Å². The third kappa shape index (κ3) is 2.39. The van der Waals surface area contributed by atoms with Crippen LogP contribution in [0.15, 0.2) is 54.6 Å². The average molecular weight is 266 g/mol. The Kier molecular flexibility index (Phi) is 3.42. The molecular formula is C17H18N2O. The number of nitrogens with one attached hydrogen (secondary N) is 1. The van der Waals surface area contributed by atoms with Crippen molar-refractivity contribution in [3.63, 3.8) is 0 Å². The Morgan fingerprint density at radius 3 is 2.60 bits per heavy atom. The van der Waals surface area contributed by atoms with E-state index in [9.17, 15) is 4.79 Å². The summed E-state index contributed by atoms with van der Waals surface area (Å²) < 4.78 is 0. The van der Waals surface area contributed by atoms with Crippen molar-refractivity contribution in [3.05, 3.63) is 65.7 Å². The summed E-state index contributed by atoms with van der Waals surface area (Å²) in [6.45, 7) is 2.77. The molecule has 102 valence electrons. The number of nitrogens with zero attached hydrogens (tertiary/aromatic N) is 1. The van der Waals surface area contributed by atoms with Crippen molar-refractivity contribution >= 4 is 11.7 Å². The number of hydrogen-bond acceptors (Lipinski definition) is 1. The zero-order valence-corrected chi connectivity index (χ0v) is 11.5. The van der Waals surface area contributed by atoms with Crippen molar-refractivity contribution in [2.75, 3.05) is 11.4 Å². The highest BCUT2D eigenvalue weighted by atomic mass is 16.2. The van der Waals surface area contributed by atoms with Crippen LogP contribution in [-0.2, 0) is 6.42 Å². The molecule has 2 aromatic rings. The highest BCUT2D eigenvalue weighted by Crippen LogP contribution is 2.27. The van der Waals surface area contributed by atoms with Crippen molar-refractivity contribution in [1.29, 1.82) is 0 Å². The fourth-order valence-corrected chi connectivity index (χ4v) is 2.64. The van der Waals surface area contributed by atoms with Crippen molar-refractivity contribution in [2.45, 2.75) is 19.4 Å². The number of carbonyl (C=O) groups excluding carboxylic acids is 1. The molecule has 20 heavy (non-hydrogen) atoms. The highest BCUT2D eigenvalue weighted by Gasteiger charge is 2.24. The van der Waals surface area contributed by atoms with E-state index in [0.717, 1.165) is 24.2 Å². The van der Waals surface area contributed by atoms with Crippen LogP contribution in [0.5, 0.6) is 0 Å². The smallest absolute Gasteiger partial charge is 0.322 e. The molecule has 0 aliphatic carbocycles. The second-order valence-electron chi connectivity index (χ2n) is 5.11. The molecule has 1 aliphatic rings. The molecular weight excluding hydrogens is 248 g/mol. The minimum Gasteiger partial charge on any atom is -0.331 e. The Bertz CT molecular complexity index is 609. The quantitative estimate of drug-likeness (QED) is 0.886. The summed E-state index contributed by atoms with van der Waals surface area (Å²) in [6, 6.07) is 18.1. The number of benzene rings is 2. The van der Waals surface area contributed by atoms with E-state index in [-0.39, 0.29) is 12.1 Å². The van der Waals surface area contributed by atoms with Crippen LogP contribution < -0.4 is 10.2 Å². The van der Waals surface area contributed by atoms with Gasteiger partial charge in [-0.1, -0.05) is 48.5 Å². The molecule has 0 aromatic heterocycles. The van der Waals surface area contributed by atoms with Crippen LogP contribution in [0.4, 0.5) is 10.5 Å². The van der Waals surface area contributed by atoms with Crippen molar-refractivity contribution in [3.8, 4) is 0 Å². The summed E-state index contributed by atoms with van der Waals surface area (Å²) in [5.74, 6) is 0. The van der Waals surface area contributed by atoms with E-state index >= 15 is 0 Å². The maximum absolute atomic E-state index is 12.4. The van der Waals surface area contributed by atoms with Gasteiger partial charge in [-0.05, 0) is 30.5 Å². The Morgan fingerprint density at radius 1 is 1.10 bits per heavy atom. The van der Waals surface area contributed by atoms with Gasteiger partial charge >= 0.3 is 6.03 Å². The highest BCUT2D eigenvalue weighted by molar-refractivity contribution is 5.94. The standard InChI is InChI=1S/C17H18N2O/c1-13(14-7-3-2-4-8-14)18-17(20)19-12-11-15-9-5-6-10-16(15)19/h2-10,13H,11-12H2,1H3,(H,18,20)/t13-/m1/s1. The fraction of sp³-hybridized carbons (Fsp3) is 0.235. The number of amides is 2. The van der Waals surface area contributed by atoms with E-state index in [1.54, 1.807) is 0 Å². The lowest BCUT2D eigenvalue weighted by Crippen LogP contribution is -2.40. The summed E-state index contributed by atoms with van der Waals surface area (Å²) in [6.07, 6.45) is 0.934. The summed E-state index contributed by atoms with van der Waals surface area (Å²) in [5, 5.41) is 3.07. The van der Waals surface area contributed by atoms with E-state index < -0.39 is 0 Å². The van der Waals surface area contributed by atoms with Gasteiger partial charge in [-0.3, -0.25) is 4.90 Å². The fourth-order valence-electron chi connectivity index (χ4n) is 2.64. The summed E-state index contributed by atoms with van der Waals surface area (Å²) in [7, 11) is 0. The lowest BCUT2D eigenvalue weighted by Gasteiger charge is -2.21. The van der Waals surface area contributed by atoms with Crippen LogP contribution in [0.2, 0.25) is 0 Å². The Balaban J connectivity index is 1.72. The molecule has 0 fully saturated rings. The van der Waals surface area contributed by atoms with E-state index in [0.29, 0.717) is 0 Å². The summed E-state index contributed by atoms with van der Waals surface area (Å²) >= 11 is 0. The Morgan fingerprint density at radius 2 is 1.80 bits per heavy atom. The predicted octanol–water partition coefficient (Wildman–Crippen LogP) is 3.52. The largest absolute Gasteiger partial charge is 0.331 e. The van der Waals surface area contributed by atoms with Gasteiger partial charge in [0, 0.05) is 12.2 Å². The van der Waals surface area contributed by atoms with Gasteiger partial charge in [0.25, 0.3) is 0 Å². The van der Waals surface area contributed by atoms with E-state index in [2.05, 4.69) is 11.4 Å². The normalized spacial score (nSPS) is 14.8. The molecule has 3 nitrogen and oxygen atoms in total. The maximum Gasteiger partial charge on any atom is 0.322 e. The number of rotatable bonds is 2. The molecule has 1 aliphatic heterocycles. The summed E-state index contributed by atoms with van der Waals surface area (Å²) in [5.41, 5.74) is 3.40. The van der Waals surface area contributed by atoms with Gasteiger partial charge in [0.1, 0.15) is 0 Å². The molecule has 0 radical (unpaired) electrons. The minimum atomic E-state index is -0.0219. The molecule has 1 atom stereocenters. The molecule has 3 heteroatoms. The van der Waals surface area contributed by atoms with Crippen molar-refractivity contribution in [1.82, 2.24) is 5.32 Å². The van der Waals surface area contributed by atoms with Gasteiger partial charge in [-0.25, -0.2) is 4.79 Å². The Hall–Kier alpha value is -2.29. The van der Waals surface area contributed by atoms with Crippen LogP contribution in [0, 0.1) is 0 Å². The molecule has 0 unspecified atom stereocenters. The van der Waals surface area contributed by atoms with Crippen molar-refractivity contribution < 1.29 is 4.79 Å². The molecule has 0 spiro atoms. The molecule has 2 aromatic carbocycles. The lowest BCUT2D eigenvalue weighted by molar-refractivity contribution is 0.244.